The second-order valence-electron chi connectivity index (χ2n) is 3.75. The lowest BCUT2D eigenvalue weighted by Crippen LogP contribution is -2.39. The first kappa shape index (κ1) is 9.73. The van der Waals surface area contributed by atoms with Crippen molar-refractivity contribution in [2.24, 2.45) is 5.92 Å². The van der Waals surface area contributed by atoms with Gasteiger partial charge in [0.15, 0.2) is 0 Å². The fourth-order valence-electron chi connectivity index (χ4n) is 1.72. The molecule has 5 heteroatoms. The standard InChI is InChI=1S/C9H13N3OS/c1-7-4-12(3-2-9(7)13)5-8-6-14-11-10-8/h6-7H,2-5H2,1H3. The number of hydrogen-bond donors (Lipinski definition) is 0. The third-order valence-electron chi connectivity index (χ3n) is 2.55. The van der Waals surface area contributed by atoms with Gasteiger partial charge in [0, 0.05) is 37.4 Å². The van der Waals surface area contributed by atoms with Gasteiger partial charge in [-0.25, -0.2) is 0 Å². The van der Waals surface area contributed by atoms with Crippen LogP contribution in [-0.4, -0.2) is 33.4 Å². The number of aromatic nitrogens is 2. The van der Waals surface area contributed by atoms with Crippen LogP contribution in [0.3, 0.4) is 0 Å². The van der Waals surface area contributed by atoms with Crippen molar-refractivity contribution in [1.29, 1.82) is 0 Å². The highest BCUT2D eigenvalue weighted by molar-refractivity contribution is 7.03. The molecule has 1 aliphatic rings. The molecule has 0 saturated carbocycles. The van der Waals surface area contributed by atoms with Crippen molar-refractivity contribution in [3.63, 3.8) is 0 Å². The molecule has 4 nitrogen and oxygen atoms in total. The van der Waals surface area contributed by atoms with Crippen LogP contribution in [0, 0.1) is 5.92 Å². The van der Waals surface area contributed by atoms with E-state index in [1.54, 1.807) is 0 Å². The molecule has 0 aliphatic carbocycles. The van der Waals surface area contributed by atoms with Gasteiger partial charge in [-0.2, -0.15) is 0 Å². The number of carbonyl (C=O) groups is 1. The van der Waals surface area contributed by atoms with Gasteiger partial charge in [-0.1, -0.05) is 11.4 Å². The van der Waals surface area contributed by atoms with Gasteiger partial charge in [-0.15, -0.1) is 5.10 Å². The Kier molecular flexibility index (Phi) is 2.88. The van der Waals surface area contributed by atoms with Crippen LogP contribution < -0.4 is 0 Å². The Morgan fingerprint density at radius 2 is 2.57 bits per heavy atom. The second-order valence-corrected chi connectivity index (χ2v) is 4.36. The lowest BCUT2D eigenvalue weighted by Gasteiger charge is -2.28. The molecule has 1 aromatic heterocycles. The lowest BCUT2D eigenvalue weighted by molar-refractivity contribution is -0.125. The van der Waals surface area contributed by atoms with Gasteiger partial charge in [0.25, 0.3) is 0 Å². The SMILES string of the molecule is CC1CN(Cc2csnn2)CCC1=O. The first-order valence-corrected chi connectivity index (χ1v) is 5.60. The van der Waals surface area contributed by atoms with Gasteiger partial charge in [0.2, 0.25) is 0 Å². The number of carbonyl (C=O) groups excluding carboxylic acids is 1. The second kappa shape index (κ2) is 4.14. The van der Waals surface area contributed by atoms with Gasteiger partial charge >= 0.3 is 0 Å². The van der Waals surface area contributed by atoms with Crippen molar-refractivity contribution in [3.8, 4) is 0 Å². The average molecular weight is 211 g/mol. The van der Waals surface area contributed by atoms with Crippen molar-refractivity contribution in [3.05, 3.63) is 11.1 Å². The predicted molar refractivity (Wildman–Crippen MR) is 54.0 cm³/mol. The highest BCUT2D eigenvalue weighted by Crippen LogP contribution is 2.14. The van der Waals surface area contributed by atoms with Gasteiger partial charge in [0.1, 0.15) is 5.78 Å². The summed E-state index contributed by atoms with van der Waals surface area (Å²) in [5.74, 6) is 0.563. The van der Waals surface area contributed by atoms with Crippen molar-refractivity contribution in [2.45, 2.75) is 19.9 Å². The lowest BCUT2D eigenvalue weighted by atomic mass is 9.99. The normalized spacial score (nSPS) is 24.1. The summed E-state index contributed by atoms with van der Waals surface area (Å²) in [6.07, 6.45) is 0.679. The highest BCUT2D eigenvalue weighted by atomic mass is 32.1. The zero-order chi connectivity index (χ0) is 9.97. The number of ketones is 1. The number of hydrogen-bond acceptors (Lipinski definition) is 5. The molecule has 0 radical (unpaired) electrons. The van der Waals surface area contributed by atoms with Crippen LogP contribution in [0.1, 0.15) is 19.0 Å². The quantitative estimate of drug-likeness (QED) is 0.730. The Labute approximate surface area is 87.1 Å². The topological polar surface area (TPSA) is 46.1 Å². The molecule has 2 rings (SSSR count). The molecular weight excluding hydrogens is 198 g/mol. The van der Waals surface area contributed by atoms with E-state index in [4.69, 9.17) is 0 Å². The molecule has 1 aliphatic heterocycles. The van der Waals surface area contributed by atoms with Crippen LogP contribution in [-0.2, 0) is 11.3 Å². The van der Waals surface area contributed by atoms with Crippen molar-refractivity contribution >= 4 is 17.3 Å². The monoisotopic (exact) mass is 211 g/mol. The zero-order valence-corrected chi connectivity index (χ0v) is 8.96. The molecule has 2 heterocycles. The third kappa shape index (κ3) is 2.16. The van der Waals surface area contributed by atoms with Crippen molar-refractivity contribution < 1.29 is 4.79 Å². The van der Waals surface area contributed by atoms with Crippen LogP contribution in [0.15, 0.2) is 5.38 Å². The maximum atomic E-state index is 11.3. The summed E-state index contributed by atoms with van der Waals surface area (Å²) >= 11 is 1.37. The Morgan fingerprint density at radius 3 is 3.21 bits per heavy atom. The fraction of sp³-hybridized carbons (Fsp3) is 0.667. The molecule has 0 bridgehead atoms. The Bertz CT molecular complexity index is 312. The Hall–Kier alpha value is -0.810. The van der Waals surface area contributed by atoms with E-state index >= 15 is 0 Å². The maximum absolute atomic E-state index is 11.3. The predicted octanol–water partition coefficient (Wildman–Crippen LogP) is 0.949. The zero-order valence-electron chi connectivity index (χ0n) is 8.14. The van der Waals surface area contributed by atoms with E-state index in [2.05, 4.69) is 14.5 Å². The summed E-state index contributed by atoms with van der Waals surface area (Å²) in [6.45, 7) is 4.54. The van der Waals surface area contributed by atoms with E-state index < -0.39 is 0 Å². The number of nitrogens with zero attached hydrogens (tertiary/aromatic N) is 3. The summed E-state index contributed by atoms with van der Waals surface area (Å²) < 4.78 is 3.82. The fourth-order valence-corrected chi connectivity index (χ4v) is 2.16. The Morgan fingerprint density at radius 1 is 1.71 bits per heavy atom. The Balaban J connectivity index is 1.91. The van der Waals surface area contributed by atoms with Crippen LogP contribution >= 0.6 is 11.5 Å². The number of rotatable bonds is 2. The molecule has 0 amide bonds. The molecule has 1 unspecified atom stereocenters. The molecule has 14 heavy (non-hydrogen) atoms. The molecule has 1 atom stereocenters. The smallest absolute Gasteiger partial charge is 0.138 e. The first-order valence-electron chi connectivity index (χ1n) is 4.76. The minimum absolute atomic E-state index is 0.176. The molecule has 0 N–H and O–H groups in total. The minimum atomic E-state index is 0.176. The number of Topliss-reactive ketones (excluding diaryl/α,β-unsaturated/α-hetero) is 1. The van der Waals surface area contributed by atoms with E-state index in [0.29, 0.717) is 12.2 Å². The maximum Gasteiger partial charge on any atom is 0.138 e. The molecule has 0 aromatic carbocycles. The van der Waals surface area contributed by atoms with Crippen molar-refractivity contribution in [2.75, 3.05) is 13.1 Å². The van der Waals surface area contributed by atoms with Gasteiger partial charge < -0.3 is 0 Å². The van der Waals surface area contributed by atoms with Crippen LogP contribution in [0.4, 0.5) is 0 Å². The molecule has 1 saturated heterocycles. The van der Waals surface area contributed by atoms with E-state index in [-0.39, 0.29) is 5.92 Å². The van der Waals surface area contributed by atoms with Crippen molar-refractivity contribution in [1.82, 2.24) is 14.5 Å². The third-order valence-corrected chi connectivity index (χ3v) is 3.10. The average Bonchev–Trinajstić information content (AvgIpc) is 2.64. The summed E-state index contributed by atoms with van der Waals surface area (Å²) in [4.78, 5) is 13.6. The molecule has 1 fully saturated rings. The number of piperidine rings is 1. The number of likely N-dealkylation sites (tertiary alicyclic amines) is 1. The molecule has 76 valence electrons. The summed E-state index contributed by atoms with van der Waals surface area (Å²) in [5.41, 5.74) is 1.01. The largest absolute Gasteiger partial charge is 0.299 e. The van der Waals surface area contributed by atoms with E-state index in [0.717, 1.165) is 25.3 Å². The molecule has 1 aromatic rings. The summed E-state index contributed by atoms with van der Waals surface area (Å²) in [6, 6.07) is 0. The minimum Gasteiger partial charge on any atom is -0.299 e. The van der Waals surface area contributed by atoms with Gasteiger partial charge in [0.05, 0.1) is 5.69 Å². The van der Waals surface area contributed by atoms with E-state index in [9.17, 15) is 4.79 Å². The van der Waals surface area contributed by atoms with Crippen LogP contribution in [0.25, 0.3) is 0 Å². The summed E-state index contributed by atoms with van der Waals surface area (Å²) in [7, 11) is 0. The van der Waals surface area contributed by atoms with E-state index in [1.165, 1.54) is 11.5 Å². The van der Waals surface area contributed by atoms with Crippen LogP contribution in [0.2, 0.25) is 0 Å². The summed E-state index contributed by atoms with van der Waals surface area (Å²) in [5, 5.41) is 5.96. The molecule has 0 spiro atoms. The van der Waals surface area contributed by atoms with Crippen LogP contribution in [0.5, 0.6) is 0 Å². The first-order chi connectivity index (χ1) is 6.75. The van der Waals surface area contributed by atoms with Gasteiger partial charge in [-0.3, -0.25) is 9.69 Å². The van der Waals surface area contributed by atoms with Gasteiger partial charge in [-0.05, 0) is 11.5 Å². The van der Waals surface area contributed by atoms with E-state index in [1.807, 2.05) is 12.3 Å². The molecular formula is C9H13N3OS. The highest BCUT2D eigenvalue weighted by Gasteiger charge is 2.23.